The number of carboxylic acid groups (broad SMARTS) is 1. The molecule has 122 valence electrons. The van der Waals surface area contributed by atoms with Crippen molar-refractivity contribution in [1.29, 1.82) is 0 Å². The van der Waals surface area contributed by atoms with Crippen molar-refractivity contribution in [2.24, 2.45) is 0 Å². The van der Waals surface area contributed by atoms with E-state index in [4.69, 9.17) is 14.6 Å². The first kappa shape index (κ1) is 15.4. The normalized spacial score (nSPS) is 17.9. The Kier molecular flexibility index (Phi) is 4.52. The first-order valence-electron chi connectivity index (χ1n) is 7.58. The highest BCUT2D eigenvalue weighted by atomic mass is 16.5. The van der Waals surface area contributed by atoms with Crippen LogP contribution in [0.1, 0.15) is 42.8 Å². The quantitative estimate of drug-likeness (QED) is 0.901. The van der Waals surface area contributed by atoms with Crippen LogP contribution < -0.4 is 4.74 Å². The number of carboxylic acids is 1. The molecule has 3 heterocycles. The van der Waals surface area contributed by atoms with E-state index in [9.17, 15) is 4.79 Å². The summed E-state index contributed by atoms with van der Waals surface area (Å²) in [6.45, 7) is 2.88. The molecule has 0 radical (unpaired) electrons. The van der Waals surface area contributed by atoms with Crippen LogP contribution >= 0.6 is 0 Å². The lowest BCUT2D eigenvalue weighted by Crippen LogP contribution is -2.18. The Morgan fingerprint density at radius 1 is 1.48 bits per heavy atom. The summed E-state index contributed by atoms with van der Waals surface area (Å²) in [4.78, 5) is 19.6. The molecule has 23 heavy (non-hydrogen) atoms. The van der Waals surface area contributed by atoms with Gasteiger partial charge in [-0.3, -0.25) is 4.98 Å². The highest BCUT2D eigenvalue weighted by Gasteiger charge is 2.19. The minimum Gasteiger partial charge on any atom is -0.493 e. The summed E-state index contributed by atoms with van der Waals surface area (Å²) in [6, 6.07) is 1.55. The SMILES string of the molecule is CCOc1cc(-c2ncn(C3CCCCO3)n2)ncc1C(=O)O. The van der Waals surface area contributed by atoms with Crippen LogP contribution in [0.2, 0.25) is 0 Å². The lowest BCUT2D eigenvalue weighted by Gasteiger charge is -2.21. The number of rotatable bonds is 5. The van der Waals surface area contributed by atoms with Gasteiger partial charge in [-0.25, -0.2) is 14.5 Å². The van der Waals surface area contributed by atoms with Crippen molar-refractivity contribution in [2.45, 2.75) is 32.4 Å². The van der Waals surface area contributed by atoms with E-state index < -0.39 is 5.97 Å². The molecule has 2 aromatic rings. The molecule has 1 saturated heterocycles. The van der Waals surface area contributed by atoms with Crippen LogP contribution in [0.15, 0.2) is 18.6 Å². The molecule has 1 fully saturated rings. The smallest absolute Gasteiger partial charge is 0.341 e. The first-order chi connectivity index (χ1) is 11.2. The van der Waals surface area contributed by atoms with Gasteiger partial charge in [0, 0.05) is 18.9 Å². The van der Waals surface area contributed by atoms with Crippen LogP contribution in [-0.4, -0.2) is 44.0 Å². The summed E-state index contributed by atoms with van der Waals surface area (Å²) >= 11 is 0. The lowest BCUT2D eigenvalue weighted by atomic mass is 10.2. The van der Waals surface area contributed by atoms with Crippen molar-refractivity contribution in [3.63, 3.8) is 0 Å². The Hall–Kier alpha value is -2.48. The highest BCUT2D eigenvalue weighted by Crippen LogP contribution is 2.25. The number of hydrogen-bond acceptors (Lipinski definition) is 6. The largest absolute Gasteiger partial charge is 0.493 e. The predicted molar refractivity (Wildman–Crippen MR) is 80.2 cm³/mol. The fourth-order valence-electron chi connectivity index (χ4n) is 2.46. The molecular weight excluding hydrogens is 300 g/mol. The molecule has 0 aliphatic carbocycles. The monoisotopic (exact) mass is 318 g/mol. The Morgan fingerprint density at radius 3 is 3.04 bits per heavy atom. The second-order valence-electron chi connectivity index (χ2n) is 5.17. The van der Waals surface area contributed by atoms with Gasteiger partial charge in [0.2, 0.25) is 0 Å². The molecule has 2 aromatic heterocycles. The van der Waals surface area contributed by atoms with Crippen molar-refractivity contribution in [1.82, 2.24) is 19.7 Å². The van der Waals surface area contributed by atoms with Crippen molar-refractivity contribution in [2.75, 3.05) is 13.2 Å². The van der Waals surface area contributed by atoms with Gasteiger partial charge in [-0.2, -0.15) is 0 Å². The van der Waals surface area contributed by atoms with Gasteiger partial charge in [-0.05, 0) is 26.2 Å². The van der Waals surface area contributed by atoms with E-state index in [1.54, 1.807) is 24.0 Å². The Labute approximate surface area is 133 Å². The van der Waals surface area contributed by atoms with Crippen LogP contribution in [0.25, 0.3) is 11.5 Å². The molecule has 1 atom stereocenters. The molecule has 0 aromatic carbocycles. The number of aromatic nitrogens is 4. The van der Waals surface area contributed by atoms with Crippen molar-refractivity contribution >= 4 is 5.97 Å². The van der Waals surface area contributed by atoms with Gasteiger partial charge in [-0.1, -0.05) is 0 Å². The third kappa shape index (κ3) is 3.31. The van der Waals surface area contributed by atoms with Crippen molar-refractivity contribution in [3.05, 3.63) is 24.2 Å². The maximum atomic E-state index is 11.2. The van der Waals surface area contributed by atoms with E-state index in [-0.39, 0.29) is 17.5 Å². The minimum absolute atomic E-state index is 0.0191. The van der Waals surface area contributed by atoms with Crippen LogP contribution in [0.5, 0.6) is 5.75 Å². The van der Waals surface area contributed by atoms with E-state index in [1.807, 2.05) is 0 Å². The molecule has 1 aliphatic rings. The zero-order valence-electron chi connectivity index (χ0n) is 12.8. The molecule has 0 spiro atoms. The van der Waals surface area contributed by atoms with Gasteiger partial charge >= 0.3 is 5.97 Å². The third-order valence-corrected chi connectivity index (χ3v) is 3.58. The van der Waals surface area contributed by atoms with E-state index in [0.717, 1.165) is 25.9 Å². The second kappa shape index (κ2) is 6.74. The van der Waals surface area contributed by atoms with Crippen LogP contribution in [0.4, 0.5) is 0 Å². The maximum absolute atomic E-state index is 11.2. The van der Waals surface area contributed by atoms with Crippen molar-refractivity contribution in [3.8, 4) is 17.3 Å². The molecule has 1 unspecified atom stereocenters. The fraction of sp³-hybridized carbons (Fsp3) is 0.467. The first-order valence-corrected chi connectivity index (χ1v) is 7.58. The van der Waals surface area contributed by atoms with E-state index in [1.165, 1.54) is 6.20 Å². The van der Waals surface area contributed by atoms with Gasteiger partial charge in [0.05, 0.1) is 6.61 Å². The fourth-order valence-corrected chi connectivity index (χ4v) is 2.46. The van der Waals surface area contributed by atoms with Gasteiger partial charge in [0.1, 0.15) is 23.3 Å². The third-order valence-electron chi connectivity index (χ3n) is 3.58. The number of pyridine rings is 1. The van der Waals surface area contributed by atoms with E-state index in [0.29, 0.717) is 18.1 Å². The number of carbonyl (C=O) groups is 1. The van der Waals surface area contributed by atoms with Gasteiger partial charge in [0.15, 0.2) is 12.1 Å². The second-order valence-corrected chi connectivity index (χ2v) is 5.17. The number of hydrogen-bond donors (Lipinski definition) is 1. The molecule has 1 N–H and O–H groups in total. The molecule has 3 rings (SSSR count). The summed E-state index contributed by atoms with van der Waals surface area (Å²) in [5.74, 6) is -0.408. The zero-order chi connectivity index (χ0) is 16.2. The molecule has 0 bridgehead atoms. The Bertz CT molecular complexity index is 695. The topological polar surface area (TPSA) is 99.4 Å². The average Bonchev–Trinajstić information content (AvgIpc) is 3.06. The standard InChI is InChI=1S/C15H18N4O4/c1-2-22-12-7-11(16-8-10(12)15(20)21)14-17-9-19(18-14)13-5-3-4-6-23-13/h7-9,13H,2-6H2,1H3,(H,20,21). The van der Waals surface area contributed by atoms with Crippen LogP contribution in [0, 0.1) is 0 Å². The van der Waals surface area contributed by atoms with Crippen molar-refractivity contribution < 1.29 is 19.4 Å². The summed E-state index contributed by atoms with van der Waals surface area (Å²) in [7, 11) is 0. The molecule has 8 nitrogen and oxygen atoms in total. The van der Waals surface area contributed by atoms with E-state index in [2.05, 4.69) is 15.1 Å². The van der Waals surface area contributed by atoms with Gasteiger partial charge < -0.3 is 14.6 Å². The summed E-state index contributed by atoms with van der Waals surface area (Å²) in [5, 5.41) is 13.6. The Morgan fingerprint density at radius 2 is 2.35 bits per heavy atom. The number of ether oxygens (including phenoxy) is 2. The van der Waals surface area contributed by atoms with Crippen LogP contribution in [0.3, 0.4) is 0 Å². The average molecular weight is 318 g/mol. The lowest BCUT2D eigenvalue weighted by molar-refractivity contribution is -0.0395. The summed E-state index contributed by atoms with van der Waals surface area (Å²) in [6.07, 6.45) is 5.83. The number of aromatic carboxylic acids is 1. The van der Waals surface area contributed by atoms with E-state index >= 15 is 0 Å². The summed E-state index contributed by atoms with van der Waals surface area (Å²) in [5.41, 5.74) is 0.485. The molecule has 0 amide bonds. The highest BCUT2D eigenvalue weighted by molar-refractivity contribution is 5.91. The van der Waals surface area contributed by atoms with Gasteiger partial charge in [0.25, 0.3) is 0 Å². The van der Waals surface area contributed by atoms with Crippen LogP contribution in [-0.2, 0) is 4.74 Å². The zero-order valence-corrected chi connectivity index (χ0v) is 12.8. The molecule has 8 heteroatoms. The van der Waals surface area contributed by atoms with Gasteiger partial charge in [-0.15, -0.1) is 5.10 Å². The molecule has 0 saturated carbocycles. The predicted octanol–water partition coefficient (Wildman–Crippen LogP) is 2.14. The number of nitrogens with zero attached hydrogens (tertiary/aromatic N) is 4. The molecule has 1 aliphatic heterocycles. The maximum Gasteiger partial charge on any atom is 0.341 e. The minimum atomic E-state index is -1.08. The molecular formula is C15H18N4O4. The summed E-state index contributed by atoms with van der Waals surface area (Å²) < 4.78 is 12.7. The Balaban J connectivity index is 1.88.